The molecule has 0 saturated carbocycles. The molecule has 194 valence electrons. The number of aromatic nitrogens is 2. The number of halogens is 2. The van der Waals surface area contributed by atoms with E-state index in [4.69, 9.17) is 9.47 Å². The average Bonchev–Trinajstić information content (AvgIpc) is 3.29. The number of hydrogen-bond acceptors (Lipinski definition) is 6. The third kappa shape index (κ3) is 4.38. The summed E-state index contributed by atoms with van der Waals surface area (Å²) in [6.45, 7) is 2.35. The Morgan fingerprint density at radius 1 is 1.24 bits per heavy atom. The molecular formula is C26H26FIN5O4-. The predicted octanol–water partition coefficient (Wildman–Crippen LogP) is 1.07. The van der Waals surface area contributed by atoms with Crippen molar-refractivity contribution in [3.63, 3.8) is 0 Å². The quantitative estimate of drug-likeness (QED) is 0.176. The number of nitrogens with zero attached hydrogens (tertiary/aromatic N) is 2. The second-order valence-corrected chi connectivity index (χ2v) is 12.3. The van der Waals surface area contributed by atoms with Gasteiger partial charge in [0.1, 0.15) is 0 Å². The van der Waals surface area contributed by atoms with Gasteiger partial charge in [0.15, 0.2) is 0 Å². The minimum absolute atomic E-state index is 0.0419. The normalized spacial score (nSPS) is 21.2. The van der Waals surface area contributed by atoms with Crippen molar-refractivity contribution in [1.29, 1.82) is 0 Å². The van der Waals surface area contributed by atoms with Crippen molar-refractivity contribution in [1.82, 2.24) is 20.2 Å². The molecule has 1 atom stereocenters. The van der Waals surface area contributed by atoms with Crippen LogP contribution in [-0.2, 0) is 0 Å². The summed E-state index contributed by atoms with van der Waals surface area (Å²) in [5.74, 6) is 0.202. The van der Waals surface area contributed by atoms with Crippen molar-refractivity contribution in [3.8, 4) is 22.8 Å². The van der Waals surface area contributed by atoms with Gasteiger partial charge in [0.2, 0.25) is 0 Å². The SMILES string of the molecule is COc1c(F)cccc1Nc1c2[nH]c3c1C(=O)NC[C@H]3[I-]C(=O)N1CCC(CC1)COc1cnccc1-2. The Morgan fingerprint density at radius 3 is 2.89 bits per heavy atom. The molecule has 4 aliphatic rings. The topological polar surface area (TPSA) is 109 Å². The van der Waals surface area contributed by atoms with Crippen molar-refractivity contribution < 1.29 is 44.7 Å². The first kappa shape index (κ1) is 24.0. The number of para-hydroxylation sites is 1. The van der Waals surface area contributed by atoms with Gasteiger partial charge in [0, 0.05) is 0 Å². The summed E-state index contributed by atoms with van der Waals surface area (Å²) in [4.78, 5) is 36.2. The van der Waals surface area contributed by atoms with E-state index < -0.39 is 27.0 Å². The molecule has 0 radical (unpaired) electrons. The van der Waals surface area contributed by atoms with E-state index in [1.54, 1.807) is 24.5 Å². The summed E-state index contributed by atoms with van der Waals surface area (Å²) in [6.07, 6.45) is 5.14. The fourth-order valence-electron chi connectivity index (χ4n) is 5.10. The number of fused-ring (bicyclic) bond motifs is 4. The molecule has 3 aromatic rings. The Balaban J connectivity index is 1.54. The molecule has 2 aromatic heterocycles. The maximum absolute atomic E-state index is 14.5. The third-order valence-corrected chi connectivity index (χ3v) is 10.1. The van der Waals surface area contributed by atoms with Gasteiger partial charge in [-0.1, -0.05) is 0 Å². The molecule has 2 amide bonds. The number of carbonyl (C=O) groups excluding carboxylic acids is 2. The van der Waals surface area contributed by atoms with Crippen molar-refractivity contribution in [2.75, 3.05) is 38.7 Å². The number of amides is 2. The molecule has 0 unspecified atom stereocenters. The van der Waals surface area contributed by atoms with Crippen LogP contribution in [0.1, 0.15) is 32.8 Å². The van der Waals surface area contributed by atoms with Crippen LogP contribution < -0.4 is 41.3 Å². The summed E-state index contributed by atoms with van der Waals surface area (Å²) in [5.41, 5.74) is 3.34. The second kappa shape index (κ2) is 9.84. The average molecular weight is 618 g/mol. The summed E-state index contributed by atoms with van der Waals surface area (Å²) in [7, 11) is 1.40. The van der Waals surface area contributed by atoms with E-state index in [9.17, 15) is 14.0 Å². The number of methoxy groups -OCH3 is 1. The molecule has 7 rings (SSSR count). The minimum atomic E-state index is -0.957. The molecular weight excluding hydrogens is 592 g/mol. The molecule has 4 aliphatic heterocycles. The van der Waals surface area contributed by atoms with Crippen molar-refractivity contribution in [2.45, 2.75) is 16.8 Å². The summed E-state index contributed by atoms with van der Waals surface area (Å²) < 4.78 is 26.2. The van der Waals surface area contributed by atoms with Gasteiger partial charge < -0.3 is 0 Å². The Labute approximate surface area is 223 Å². The van der Waals surface area contributed by atoms with E-state index >= 15 is 0 Å². The van der Waals surface area contributed by atoms with Crippen LogP contribution in [0.15, 0.2) is 36.7 Å². The molecule has 1 saturated heterocycles. The van der Waals surface area contributed by atoms with E-state index in [0.29, 0.717) is 53.1 Å². The van der Waals surface area contributed by atoms with Crippen LogP contribution in [-0.4, -0.2) is 58.0 Å². The van der Waals surface area contributed by atoms with Gasteiger partial charge in [-0.05, 0) is 0 Å². The zero-order valence-corrected chi connectivity index (χ0v) is 22.3. The van der Waals surface area contributed by atoms with Gasteiger partial charge >= 0.3 is 224 Å². The van der Waals surface area contributed by atoms with Crippen LogP contribution in [0.2, 0.25) is 0 Å². The molecule has 11 heteroatoms. The molecule has 9 nitrogen and oxygen atoms in total. The summed E-state index contributed by atoms with van der Waals surface area (Å²) in [5, 5.41) is 6.24. The first-order valence-electron chi connectivity index (χ1n) is 12.2. The van der Waals surface area contributed by atoms with Crippen LogP contribution in [0, 0.1) is 11.7 Å². The number of ether oxygens (including phenoxy) is 2. The first-order chi connectivity index (χ1) is 18.0. The number of H-pyrrole nitrogens is 1. The van der Waals surface area contributed by atoms with Crippen molar-refractivity contribution in [2.24, 2.45) is 5.92 Å². The van der Waals surface area contributed by atoms with Crippen molar-refractivity contribution >= 4 is 21.2 Å². The van der Waals surface area contributed by atoms with Gasteiger partial charge in [-0.25, -0.2) is 0 Å². The number of alkyl halides is 1. The zero-order chi connectivity index (χ0) is 25.5. The molecule has 3 N–H and O–H groups in total. The van der Waals surface area contributed by atoms with Crippen molar-refractivity contribution in [3.05, 3.63) is 53.7 Å². The Morgan fingerprint density at radius 2 is 2.08 bits per heavy atom. The van der Waals surface area contributed by atoms with Crippen LogP contribution in [0.3, 0.4) is 0 Å². The Bertz CT molecular complexity index is 1370. The van der Waals surface area contributed by atoms with E-state index in [0.717, 1.165) is 31.5 Å². The number of carbonyl (C=O) groups is 2. The molecule has 0 aliphatic carbocycles. The van der Waals surface area contributed by atoms with E-state index in [1.807, 2.05) is 11.0 Å². The fraction of sp³-hybridized carbons (Fsp3) is 0.346. The standard InChI is InChI=1S/C26H26FIN5O4/c1-36-24-16(27)3-2-4-18(24)31-23-20-22-17(11-30-25(20)34)28-26(35)33-9-6-14(7-10-33)13-37-19-12-29-8-5-15(19)21(23)32-22/h2-5,8,12,14,17,31-32H,6-7,9-11,13H2,1H3,(H,30,34)/q-1/t17-/m1/s1. The van der Waals surface area contributed by atoms with Crippen LogP contribution in [0.25, 0.3) is 11.3 Å². The number of rotatable bonds is 3. The van der Waals surface area contributed by atoms with E-state index in [1.165, 1.54) is 13.2 Å². The molecule has 4 bridgehead atoms. The monoisotopic (exact) mass is 618 g/mol. The number of aromatic amines is 1. The third-order valence-electron chi connectivity index (χ3n) is 7.06. The predicted molar refractivity (Wildman–Crippen MR) is 131 cm³/mol. The number of piperidine rings is 1. The van der Waals surface area contributed by atoms with Crippen LogP contribution >= 0.6 is 0 Å². The molecule has 0 spiro atoms. The Kier molecular flexibility index (Phi) is 6.39. The van der Waals surface area contributed by atoms with Gasteiger partial charge in [-0.15, -0.1) is 0 Å². The number of benzene rings is 1. The number of hydrogen-bond donors (Lipinski definition) is 3. The van der Waals surface area contributed by atoms with Crippen LogP contribution in [0.5, 0.6) is 11.5 Å². The Hall–Kier alpha value is -3.35. The van der Waals surface area contributed by atoms with E-state index in [2.05, 4.69) is 20.6 Å². The van der Waals surface area contributed by atoms with Gasteiger partial charge in [-0.3, -0.25) is 0 Å². The van der Waals surface area contributed by atoms with E-state index in [-0.39, 0.29) is 19.5 Å². The summed E-state index contributed by atoms with van der Waals surface area (Å²) >= 11 is -0.957. The number of anilines is 2. The van der Waals surface area contributed by atoms with Gasteiger partial charge in [0.05, 0.1) is 0 Å². The second-order valence-electron chi connectivity index (χ2n) is 9.26. The summed E-state index contributed by atoms with van der Waals surface area (Å²) in [6, 6.07) is 6.42. The molecule has 1 aromatic carbocycles. The van der Waals surface area contributed by atoms with Gasteiger partial charge in [0.25, 0.3) is 0 Å². The fourth-order valence-corrected chi connectivity index (χ4v) is 7.84. The maximum atomic E-state index is 14.5. The van der Waals surface area contributed by atoms with Gasteiger partial charge in [-0.2, -0.15) is 0 Å². The zero-order valence-electron chi connectivity index (χ0n) is 20.1. The first-order valence-corrected chi connectivity index (χ1v) is 14.5. The molecule has 1 fully saturated rings. The molecule has 6 heterocycles. The van der Waals surface area contributed by atoms with Crippen LogP contribution in [0.4, 0.5) is 20.6 Å². The molecule has 37 heavy (non-hydrogen) atoms. The number of pyridine rings is 1. The number of nitrogens with one attached hydrogen (secondary N) is 3.